The molecule has 5 heteroatoms. The van der Waals surface area contributed by atoms with Gasteiger partial charge in [0.25, 0.3) is 0 Å². The Balaban J connectivity index is 1.60. The molecule has 0 aliphatic carbocycles. The fraction of sp³-hybridized carbons (Fsp3) is 0.188. The molecular weight excluding hydrogens is 268 g/mol. The summed E-state index contributed by atoms with van der Waals surface area (Å²) in [5.41, 5.74) is 7.16. The zero-order valence-corrected chi connectivity index (χ0v) is 11.4. The van der Waals surface area contributed by atoms with Crippen LogP contribution in [0.1, 0.15) is 0 Å². The number of benzene rings is 2. The molecule has 0 saturated carbocycles. The number of nitrogens with two attached hydrogens (primary N) is 1. The number of cyclic esters (lactones) is 1. The fourth-order valence-electron chi connectivity index (χ4n) is 2.22. The Bertz CT molecular complexity index is 630. The van der Waals surface area contributed by atoms with Gasteiger partial charge >= 0.3 is 6.09 Å². The Kier molecular flexibility index (Phi) is 3.64. The van der Waals surface area contributed by atoms with Gasteiger partial charge in [-0.1, -0.05) is 24.3 Å². The van der Waals surface area contributed by atoms with Crippen molar-refractivity contribution in [2.24, 2.45) is 0 Å². The van der Waals surface area contributed by atoms with Gasteiger partial charge in [-0.2, -0.15) is 0 Å². The van der Waals surface area contributed by atoms with Crippen molar-refractivity contribution in [1.82, 2.24) is 0 Å². The summed E-state index contributed by atoms with van der Waals surface area (Å²) in [6.07, 6.45) is -0.637. The van der Waals surface area contributed by atoms with E-state index in [0.29, 0.717) is 24.6 Å². The van der Waals surface area contributed by atoms with E-state index in [-0.39, 0.29) is 12.2 Å². The van der Waals surface area contributed by atoms with E-state index < -0.39 is 0 Å². The van der Waals surface area contributed by atoms with Gasteiger partial charge in [0.2, 0.25) is 0 Å². The van der Waals surface area contributed by atoms with Gasteiger partial charge in [-0.3, -0.25) is 4.90 Å². The summed E-state index contributed by atoms with van der Waals surface area (Å²) in [5, 5.41) is 0. The second-order valence-corrected chi connectivity index (χ2v) is 4.84. The maximum atomic E-state index is 11.9. The number of ether oxygens (including phenoxy) is 2. The van der Waals surface area contributed by atoms with Crippen molar-refractivity contribution in [2.45, 2.75) is 6.10 Å². The smallest absolute Gasteiger partial charge is 0.414 e. The number of anilines is 2. The Morgan fingerprint density at radius 3 is 2.76 bits per heavy atom. The molecule has 5 nitrogen and oxygen atoms in total. The van der Waals surface area contributed by atoms with Crippen LogP contribution in [0.4, 0.5) is 16.2 Å². The van der Waals surface area contributed by atoms with Crippen LogP contribution >= 0.6 is 0 Å². The van der Waals surface area contributed by atoms with E-state index in [1.54, 1.807) is 17.0 Å². The summed E-state index contributed by atoms with van der Waals surface area (Å²) in [7, 11) is 0. The minimum absolute atomic E-state index is 0.292. The van der Waals surface area contributed by atoms with Crippen LogP contribution in [0.5, 0.6) is 5.75 Å². The van der Waals surface area contributed by atoms with Crippen LogP contribution in [0.15, 0.2) is 54.6 Å². The summed E-state index contributed by atoms with van der Waals surface area (Å²) in [5.74, 6) is 0.671. The van der Waals surface area contributed by atoms with Crippen LogP contribution in [-0.4, -0.2) is 25.3 Å². The third-order valence-corrected chi connectivity index (χ3v) is 3.24. The molecule has 1 aliphatic rings. The molecule has 2 aromatic carbocycles. The SMILES string of the molecule is Nc1cccc(OCC2CN(c3ccccc3)C(=O)O2)c1. The van der Waals surface area contributed by atoms with E-state index in [0.717, 1.165) is 5.69 Å². The van der Waals surface area contributed by atoms with Crippen LogP contribution < -0.4 is 15.4 Å². The molecule has 1 saturated heterocycles. The molecule has 0 spiro atoms. The minimum atomic E-state index is -0.345. The molecule has 21 heavy (non-hydrogen) atoms. The first kappa shape index (κ1) is 13.3. The molecule has 0 aromatic heterocycles. The predicted octanol–water partition coefficient (Wildman–Crippen LogP) is 2.67. The van der Waals surface area contributed by atoms with Crippen LogP contribution in [0.3, 0.4) is 0 Å². The lowest BCUT2D eigenvalue weighted by atomic mass is 10.3. The van der Waals surface area contributed by atoms with Gasteiger partial charge in [0.05, 0.1) is 6.54 Å². The molecule has 2 aromatic rings. The molecular formula is C16H16N2O3. The zero-order chi connectivity index (χ0) is 14.7. The third kappa shape index (κ3) is 3.08. The summed E-state index contributed by atoms with van der Waals surface area (Å²) in [4.78, 5) is 13.5. The molecule has 0 radical (unpaired) electrons. The molecule has 1 unspecified atom stereocenters. The van der Waals surface area contributed by atoms with Crippen LogP contribution in [0, 0.1) is 0 Å². The summed E-state index contributed by atoms with van der Waals surface area (Å²) in [6, 6.07) is 16.6. The normalized spacial score (nSPS) is 17.6. The number of amides is 1. The molecule has 108 valence electrons. The second-order valence-electron chi connectivity index (χ2n) is 4.84. The largest absolute Gasteiger partial charge is 0.490 e. The molecule has 1 aliphatic heterocycles. The fourth-order valence-corrected chi connectivity index (χ4v) is 2.22. The van der Waals surface area contributed by atoms with Crippen molar-refractivity contribution >= 4 is 17.5 Å². The Morgan fingerprint density at radius 2 is 2.00 bits per heavy atom. The number of nitrogens with zero attached hydrogens (tertiary/aromatic N) is 1. The number of rotatable bonds is 4. The van der Waals surface area contributed by atoms with E-state index in [2.05, 4.69) is 0 Å². The first-order valence-corrected chi connectivity index (χ1v) is 6.74. The standard InChI is InChI=1S/C16H16N2O3/c17-12-5-4-8-14(9-12)20-11-15-10-18(16(19)21-15)13-6-2-1-3-7-13/h1-9,15H,10-11,17H2. The van der Waals surface area contributed by atoms with Crippen LogP contribution in [0.2, 0.25) is 0 Å². The van der Waals surface area contributed by atoms with Gasteiger partial charge in [-0.15, -0.1) is 0 Å². The van der Waals surface area contributed by atoms with Crippen molar-refractivity contribution in [1.29, 1.82) is 0 Å². The van der Waals surface area contributed by atoms with E-state index >= 15 is 0 Å². The molecule has 1 fully saturated rings. The monoisotopic (exact) mass is 284 g/mol. The number of hydrogen-bond acceptors (Lipinski definition) is 4. The molecule has 3 rings (SSSR count). The molecule has 1 atom stereocenters. The lowest BCUT2D eigenvalue weighted by Gasteiger charge is -2.13. The van der Waals surface area contributed by atoms with E-state index in [9.17, 15) is 4.79 Å². The lowest BCUT2D eigenvalue weighted by molar-refractivity contribution is 0.105. The van der Waals surface area contributed by atoms with Crippen molar-refractivity contribution in [3.63, 3.8) is 0 Å². The Labute approximate surface area is 122 Å². The first-order chi connectivity index (χ1) is 10.2. The van der Waals surface area contributed by atoms with E-state index in [4.69, 9.17) is 15.2 Å². The van der Waals surface area contributed by atoms with Gasteiger partial charge in [-0.25, -0.2) is 4.79 Å². The average Bonchev–Trinajstić information content (AvgIpc) is 2.87. The van der Waals surface area contributed by atoms with Gasteiger partial charge in [-0.05, 0) is 24.3 Å². The highest BCUT2D eigenvalue weighted by molar-refractivity contribution is 5.89. The minimum Gasteiger partial charge on any atom is -0.490 e. The molecule has 1 amide bonds. The second kappa shape index (κ2) is 5.75. The maximum Gasteiger partial charge on any atom is 0.414 e. The Morgan fingerprint density at radius 1 is 1.19 bits per heavy atom. The number of carbonyl (C=O) groups excluding carboxylic acids is 1. The number of para-hydroxylation sites is 1. The van der Waals surface area contributed by atoms with E-state index in [1.807, 2.05) is 42.5 Å². The average molecular weight is 284 g/mol. The number of hydrogen-bond donors (Lipinski definition) is 1. The first-order valence-electron chi connectivity index (χ1n) is 6.74. The van der Waals surface area contributed by atoms with Gasteiger partial charge in [0.1, 0.15) is 12.4 Å². The summed E-state index contributed by atoms with van der Waals surface area (Å²) < 4.78 is 10.9. The van der Waals surface area contributed by atoms with Gasteiger partial charge < -0.3 is 15.2 Å². The van der Waals surface area contributed by atoms with Crippen LogP contribution in [-0.2, 0) is 4.74 Å². The van der Waals surface area contributed by atoms with Crippen molar-refractivity contribution in [3.8, 4) is 5.75 Å². The molecule has 2 N–H and O–H groups in total. The van der Waals surface area contributed by atoms with Gasteiger partial charge in [0, 0.05) is 17.4 Å². The predicted molar refractivity (Wildman–Crippen MR) is 80.4 cm³/mol. The number of nitrogen functional groups attached to an aromatic ring is 1. The highest BCUT2D eigenvalue weighted by Crippen LogP contribution is 2.22. The zero-order valence-electron chi connectivity index (χ0n) is 11.4. The quantitative estimate of drug-likeness (QED) is 0.877. The Hall–Kier alpha value is -2.69. The number of carbonyl (C=O) groups is 1. The lowest BCUT2D eigenvalue weighted by Crippen LogP contribution is -2.26. The molecule has 0 bridgehead atoms. The molecule has 1 heterocycles. The van der Waals surface area contributed by atoms with Crippen LogP contribution in [0.25, 0.3) is 0 Å². The topological polar surface area (TPSA) is 64.8 Å². The summed E-state index contributed by atoms with van der Waals surface area (Å²) >= 11 is 0. The van der Waals surface area contributed by atoms with Crippen molar-refractivity contribution in [2.75, 3.05) is 23.8 Å². The summed E-state index contributed by atoms with van der Waals surface area (Å²) in [6.45, 7) is 0.781. The van der Waals surface area contributed by atoms with Gasteiger partial charge in [0.15, 0.2) is 6.10 Å². The highest BCUT2D eigenvalue weighted by Gasteiger charge is 2.32. The van der Waals surface area contributed by atoms with Crippen molar-refractivity contribution < 1.29 is 14.3 Å². The maximum absolute atomic E-state index is 11.9. The van der Waals surface area contributed by atoms with E-state index in [1.165, 1.54) is 0 Å². The highest BCUT2D eigenvalue weighted by atomic mass is 16.6. The third-order valence-electron chi connectivity index (χ3n) is 3.24. The van der Waals surface area contributed by atoms with Crippen molar-refractivity contribution in [3.05, 3.63) is 54.6 Å².